The standard InChI is InChI=1S/C27H26N4O2/c32-27-25-22-7-5-20-16-29-21(15-23(20)26(22)30-24(25)8-9-28-27)6-4-18-2-1-3-19(14-18)17-31-10-12-33-13-11-31/h1-7,14-16,29H,8-13,17H2,(H,28,32)/b6-4+. The maximum atomic E-state index is 12.4. The van der Waals surface area contributed by atoms with Crippen LogP contribution in [0.3, 0.4) is 0 Å². The summed E-state index contributed by atoms with van der Waals surface area (Å²) in [5.74, 6) is -0.0160. The molecule has 166 valence electrons. The van der Waals surface area contributed by atoms with Gasteiger partial charge in [-0.25, -0.2) is 0 Å². The van der Waals surface area contributed by atoms with E-state index in [0.29, 0.717) is 6.54 Å². The van der Waals surface area contributed by atoms with Crippen LogP contribution in [-0.4, -0.2) is 53.6 Å². The summed E-state index contributed by atoms with van der Waals surface area (Å²) < 4.78 is 5.45. The van der Waals surface area contributed by atoms with Gasteiger partial charge >= 0.3 is 0 Å². The van der Waals surface area contributed by atoms with Gasteiger partial charge in [0.05, 0.1) is 30.0 Å². The number of aromatic nitrogens is 2. The topological polar surface area (TPSA) is 70.2 Å². The van der Waals surface area contributed by atoms with Gasteiger partial charge in [0.1, 0.15) is 0 Å². The van der Waals surface area contributed by atoms with Crippen LogP contribution in [0.5, 0.6) is 0 Å². The highest BCUT2D eigenvalue weighted by Gasteiger charge is 2.23. The van der Waals surface area contributed by atoms with Gasteiger partial charge < -0.3 is 15.0 Å². The van der Waals surface area contributed by atoms with Crippen LogP contribution in [0.1, 0.15) is 32.9 Å². The summed E-state index contributed by atoms with van der Waals surface area (Å²) in [6, 6.07) is 14.9. The van der Waals surface area contributed by atoms with E-state index in [0.717, 1.165) is 77.9 Å². The van der Waals surface area contributed by atoms with E-state index in [1.807, 2.05) is 12.3 Å². The molecule has 0 bridgehead atoms. The summed E-state index contributed by atoms with van der Waals surface area (Å²) >= 11 is 0. The fourth-order valence-electron chi connectivity index (χ4n) is 4.84. The summed E-state index contributed by atoms with van der Waals surface area (Å²) in [7, 11) is 0. The smallest absolute Gasteiger partial charge is 0.253 e. The quantitative estimate of drug-likeness (QED) is 0.505. The average molecular weight is 439 g/mol. The number of carbonyl (C=O) groups excluding carboxylic acids is 1. The predicted octanol–water partition coefficient (Wildman–Crippen LogP) is 4.00. The van der Waals surface area contributed by atoms with E-state index in [1.165, 1.54) is 11.1 Å². The van der Waals surface area contributed by atoms with Gasteiger partial charge in [-0.05, 0) is 28.7 Å². The second kappa shape index (κ2) is 8.46. The minimum Gasteiger partial charge on any atom is -0.379 e. The van der Waals surface area contributed by atoms with Crippen molar-refractivity contribution in [1.82, 2.24) is 20.2 Å². The van der Waals surface area contributed by atoms with Crippen LogP contribution in [0.25, 0.3) is 33.8 Å². The van der Waals surface area contributed by atoms with E-state index >= 15 is 0 Å². The maximum absolute atomic E-state index is 12.4. The summed E-state index contributed by atoms with van der Waals surface area (Å²) in [5.41, 5.74) is 6.03. The SMILES string of the molecule is O=C1NCCc2nc3c(ccc4c[nH]c(/C=C/c5cccc(CN6CCOCC6)c5)cc43)c21. The Hall–Kier alpha value is -3.48. The summed E-state index contributed by atoms with van der Waals surface area (Å²) in [5, 5.41) is 6.03. The van der Waals surface area contributed by atoms with Crippen molar-refractivity contribution in [3.05, 3.63) is 76.7 Å². The van der Waals surface area contributed by atoms with Crippen LogP contribution in [0.15, 0.2) is 48.7 Å². The van der Waals surface area contributed by atoms with E-state index in [1.54, 1.807) is 0 Å². The van der Waals surface area contributed by atoms with Gasteiger partial charge in [0.2, 0.25) is 0 Å². The minimum absolute atomic E-state index is 0.0160. The number of H-pyrrole nitrogens is 1. The van der Waals surface area contributed by atoms with Crippen LogP contribution in [0.4, 0.5) is 0 Å². The molecule has 1 fully saturated rings. The Morgan fingerprint density at radius 1 is 1.06 bits per heavy atom. The third-order valence-corrected chi connectivity index (χ3v) is 6.54. The summed E-state index contributed by atoms with van der Waals surface area (Å²) in [6.45, 7) is 5.21. The number of hydrogen-bond acceptors (Lipinski definition) is 4. The molecule has 0 atom stereocenters. The van der Waals surface area contributed by atoms with Crippen molar-refractivity contribution in [2.75, 3.05) is 32.8 Å². The zero-order valence-corrected chi connectivity index (χ0v) is 18.4. The largest absolute Gasteiger partial charge is 0.379 e. The first kappa shape index (κ1) is 20.1. The highest BCUT2D eigenvalue weighted by atomic mass is 16.5. The fraction of sp³-hybridized carbons (Fsp3) is 0.259. The number of rotatable bonds is 4. The number of aromatic amines is 1. The third kappa shape index (κ3) is 3.92. The predicted molar refractivity (Wildman–Crippen MR) is 131 cm³/mol. The van der Waals surface area contributed by atoms with Crippen LogP contribution < -0.4 is 5.32 Å². The molecule has 0 unspecified atom stereocenters. The van der Waals surface area contributed by atoms with Gasteiger partial charge in [0, 0.05) is 55.3 Å². The Morgan fingerprint density at radius 3 is 2.88 bits per heavy atom. The number of amides is 1. The number of nitrogens with zero attached hydrogens (tertiary/aromatic N) is 2. The van der Waals surface area contributed by atoms with Crippen molar-refractivity contribution in [3.8, 4) is 0 Å². The van der Waals surface area contributed by atoms with Crippen molar-refractivity contribution >= 4 is 39.7 Å². The first-order chi connectivity index (χ1) is 16.2. The molecule has 1 saturated heterocycles. The molecule has 33 heavy (non-hydrogen) atoms. The fourth-order valence-corrected chi connectivity index (χ4v) is 4.84. The molecule has 6 rings (SSSR count). The van der Waals surface area contributed by atoms with Gasteiger partial charge in [-0.2, -0.15) is 0 Å². The number of nitrogens with one attached hydrogen (secondary N) is 2. The number of ether oxygens (including phenoxy) is 1. The van der Waals surface area contributed by atoms with Crippen LogP contribution in [0.2, 0.25) is 0 Å². The van der Waals surface area contributed by atoms with Gasteiger partial charge in [0.25, 0.3) is 5.91 Å². The molecule has 4 aromatic rings. The van der Waals surface area contributed by atoms with Crippen molar-refractivity contribution in [1.29, 1.82) is 0 Å². The number of hydrogen-bond donors (Lipinski definition) is 2. The zero-order valence-electron chi connectivity index (χ0n) is 18.4. The number of fused-ring (bicyclic) bond motifs is 5. The van der Waals surface area contributed by atoms with E-state index in [-0.39, 0.29) is 5.91 Å². The molecule has 2 N–H and O–H groups in total. The lowest BCUT2D eigenvalue weighted by Crippen LogP contribution is -2.35. The van der Waals surface area contributed by atoms with Crippen molar-refractivity contribution in [3.63, 3.8) is 0 Å². The molecule has 2 aliphatic rings. The minimum atomic E-state index is -0.0160. The molecule has 0 spiro atoms. The van der Waals surface area contributed by atoms with Crippen LogP contribution in [-0.2, 0) is 17.7 Å². The van der Waals surface area contributed by atoms with E-state index in [2.05, 4.69) is 63.8 Å². The Bertz CT molecular complexity index is 1380. The summed E-state index contributed by atoms with van der Waals surface area (Å²) in [6.07, 6.45) is 7.03. The number of morpholine rings is 1. The van der Waals surface area contributed by atoms with E-state index < -0.39 is 0 Å². The van der Waals surface area contributed by atoms with Crippen LogP contribution >= 0.6 is 0 Å². The van der Waals surface area contributed by atoms with Gasteiger partial charge in [-0.1, -0.05) is 42.5 Å². The van der Waals surface area contributed by atoms with Crippen LogP contribution in [0, 0.1) is 0 Å². The zero-order chi connectivity index (χ0) is 22.2. The highest BCUT2D eigenvalue weighted by Crippen LogP contribution is 2.31. The molecule has 6 heteroatoms. The molecule has 0 saturated carbocycles. The molecule has 4 heterocycles. The molecule has 1 amide bonds. The Balaban J connectivity index is 1.30. The summed E-state index contributed by atoms with van der Waals surface area (Å²) in [4.78, 5) is 23.1. The molecule has 0 radical (unpaired) electrons. The first-order valence-electron chi connectivity index (χ1n) is 11.5. The lowest BCUT2D eigenvalue weighted by molar-refractivity contribution is 0.0342. The van der Waals surface area contributed by atoms with Crippen molar-refractivity contribution in [2.45, 2.75) is 13.0 Å². The van der Waals surface area contributed by atoms with Gasteiger partial charge in [0.15, 0.2) is 0 Å². The molecule has 6 nitrogen and oxygen atoms in total. The molecule has 2 aromatic heterocycles. The van der Waals surface area contributed by atoms with Crippen molar-refractivity contribution in [2.24, 2.45) is 0 Å². The van der Waals surface area contributed by atoms with E-state index in [4.69, 9.17) is 9.72 Å². The normalized spacial score (nSPS) is 17.0. The molecular weight excluding hydrogens is 412 g/mol. The number of carbonyl (C=O) groups is 1. The van der Waals surface area contributed by atoms with Gasteiger partial charge in [-0.3, -0.25) is 14.7 Å². The van der Waals surface area contributed by atoms with Crippen molar-refractivity contribution < 1.29 is 9.53 Å². The van der Waals surface area contributed by atoms with E-state index in [9.17, 15) is 4.79 Å². The molecule has 0 aliphatic carbocycles. The molecule has 2 aliphatic heterocycles. The third-order valence-electron chi connectivity index (χ3n) is 6.54. The number of pyridine rings is 1. The molecule has 2 aromatic carbocycles. The Labute approximate surface area is 192 Å². The highest BCUT2D eigenvalue weighted by molar-refractivity contribution is 6.15. The number of benzene rings is 2. The second-order valence-electron chi connectivity index (χ2n) is 8.76. The second-order valence-corrected chi connectivity index (χ2v) is 8.76. The maximum Gasteiger partial charge on any atom is 0.253 e. The lowest BCUT2D eigenvalue weighted by Gasteiger charge is -2.26. The first-order valence-corrected chi connectivity index (χ1v) is 11.5. The Kier molecular flexibility index (Phi) is 5.17. The van der Waals surface area contributed by atoms with Gasteiger partial charge in [-0.15, -0.1) is 0 Å². The average Bonchev–Trinajstić information content (AvgIpc) is 3.24. The lowest BCUT2D eigenvalue weighted by atomic mass is 10.0. The molecular formula is C27H26N4O2. The Morgan fingerprint density at radius 2 is 1.97 bits per heavy atom. The monoisotopic (exact) mass is 438 g/mol.